The quantitative estimate of drug-likeness (QED) is 0.174. The summed E-state index contributed by atoms with van der Waals surface area (Å²) in [6.45, 7) is 17.1. The molecule has 43 heavy (non-hydrogen) atoms. The molecule has 0 aliphatic heterocycles. The molecule has 1 aliphatic rings. The van der Waals surface area contributed by atoms with Crippen molar-refractivity contribution in [3.05, 3.63) is 88.0 Å². The molecule has 1 aliphatic carbocycles. The second-order valence-corrected chi connectivity index (χ2v) is 13.5. The fourth-order valence-electron chi connectivity index (χ4n) is 7.64. The third-order valence-corrected chi connectivity index (χ3v) is 11.2. The molecular formula is C42H60O. The summed E-state index contributed by atoms with van der Waals surface area (Å²) in [6.07, 6.45) is 15.5. The summed E-state index contributed by atoms with van der Waals surface area (Å²) in [5.41, 5.74) is 11.8. The summed E-state index contributed by atoms with van der Waals surface area (Å²) in [6, 6.07) is 21.4. The molecule has 0 aromatic heterocycles. The topological polar surface area (TPSA) is 9.23 Å². The molecule has 1 heteroatoms. The lowest BCUT2D eigenvalue weighted by Crippen LogP contribution is -2.21. The van der Waals surface area contributed by atoms with Gasteiger partial charge in [-0.15, -0.1) is 0 Å². The van der Waals surface area contributed by atoms with Crippen molar-refractivity contribution in [1.82, 2.24) is 0 Å². The van der Waals surface area contributed by atoms with Crippen LogP contribution in [0.25, 0.3) is 11.1 Å². The van der Waals surface area contributed by atoms with Crippen LogP contribution in [0.5, 0.6) is 5.75 Å². The second kappa shape index (κ2) is 16.0. The van der Waals surface area contributed by atoms with Crippen LogP contribution in [0.3, 0.4) is 0 Å². The normalized spacial score (nSPS) is 17.3. The first kappa shape index (κ1) is 33.4. The Kier molecular flexibility index (Phi) is 12.4. The van der Waals surface area contributed by atoms with Crippen molar-refractivity contribution in [1.29, 1.82) is 0 Å². The minimum Gasteiger partial charge on any atom is -0.493 e. The lowest BCUT2D eigenvalue weighted by Gasteiger charge is -2.31. The molecule has 1 saturated carbocycles. The van der Waals surface area contributed by atoms with Crippen LogP contribution in [0.1, 0.15) is 139 Å². The molecule has 0 saturated heterocycles. The maximum Gasteiger partial charge on any atom is 0.125 e. The fourth-order valence-corrected chi connectivity index (χ4v) is 7.64. The van der Waals surface area contributed by atoms with E-state index >= 15 is 0 Å². The van der Waals surface area contributed by atoms with Gasteiger partial charge in [-0.1, -0.05) is 129 Å². The van der Waals surface area contributed by atoms with Gasteiger partial charge < -0.3 is 4.74 Å². The summed E-state index contributed by atoms with van der Waals surface area (Å²) in [5, 5.41) is 0. The highest BCUT2D eigenvalue weighted by Crippen LogP contribution is 2.39. The molecule has 0 amide bonds. The molecule has 0 radical (unpaired) electrons. The largest absolute Gasteiger partial charge is 0.493 e. The van der Waals surface area contributed by atoms with E-state index in [9.17, 15) is 0 Å². The van der Waals surface area contributed by atoms with Gasteiger partial charge in [-0.05, 0) is 119 Å². The van der Waals surface area contributed by atoms with Crippen molar-refractivity contribution in [2.24, 2.45) is 11.3 Å². The number of hydrogen-bond donors (Lipinski definition) is 0. The minimum atomic E-state index is 0.408. The monoisotopic (exact) mass is 580 g/mol. The number of hydrogen-bond acceptors (Lipinski definition) is 1. The Bertz CT molecular complexity index is 1250. The van der Waals surface area contributed by atoms with Crippen molar-refractivity contribution in [3.63, 3.8) is 0 Å². The van der Waals surface area contributed by atoms with E-state index in [0.717, 1.165) is 57.0 Å². The molecular weight excluding hydrogens is 520 g/mol. The van der Waals surface area contributed by atoms with Crippen molar-refractivity contribution >= 4 is 0 Å². The maximum atomic E-state index is 6.68. The Morgan fingerprint density at radius 3 is 1.74 bits per heavy atom. The molecule has 0 bridgehead atoms. The Morgan fingerprint density at radius 2 is 1.23 bits per heavy atom. The molecule has 1 fully saturated rings. The zero-order chi connectivity index (χ0) is 30.8. The van der Waals surface area contributed by atoms with Gasteiger partial charge in [0, 0.05) is 0 Å². The Balaban J connectivity index is 1.46. The lowest BCUT2D eigenvalue weighted by atomic mass is 9.77. The first-order chi connectivity index (χ1) is 20.9. The van der Waals surface area contributed by atoms with E-state index in [4.69, 9.17) is 4.74 Å². The SMILES string of the molecule is CCc1cc(-c2ccc(CCc3ccc(C4CCC(C)CC4)cc3)cc2)c(CC)c(CC)c1OCCC(CC)(CC)CC. The van der Waals surface area contributed by atoms with Crippen molar-refractivity contribution in [2.45, 2.75) is 138 Å². The molecule has 3 aromatic carbocycles. The summed E-state index contributed by atoms with van der Waals surface area (Å²) in [5.74, 6) is 2.85. The van der Waals surface area contributed by atoms with E-state index in [2.05, 4.69) is 103 Å². The first-order valence-electron chi connectivity index (χ1n) is 17.9. The van der Waals surface area contributed by atoms with Crippen LogP contribution in [0.2, 0.25) is 0 Å². The number of ether oxygens (including phenoxy) is 1. The van der Waals surface area contributed by atoms with Crippen molar-refractivity contribution < 1.29 is 4.74 Å². The van der Waals surface area contributed by atoms with E-state index in [1.54, 1.807) is 5.56 Å². The minimum absolute atomic E-state index is 0.408. The smallest absolute Gasteiger partial charge is 0.125 e. The number of aryl methyl sites for hydroxylation is 3. The Labute approximate surface area is 264 Å². The number of rotatable bonds is 15. The molecule has 0 spiro atoms. The third-order valence-electron chi connectivity index (χ3n) is 11.2. The maximum absolute atomic E-state index is 6.68. The highest BCUT2D eigenvalue weighted by molar-refractivity contribution is 5.72. The molecule has 4 rings (SSSR count). The summed E-state index contributed by atoms with van der Waals surface area (Å²) in [4.78, 5) is 0. The predicted molar refractivity (Wildman–Crippen MR) is 188 cm³/mol. The van der Waals surface area contributed by atoms with Crippen LogP contribution in [0.15, 0.2) is 54.6 Å². The van der Waals surface area contributed by atoms with E-state index < -0.39 is 0 Å². The Morgan fingerprint density at radius 1 is 0.674 bits per heavy atom. The van der Waals surface area contributed by atoms with E-state index in [1.807, 2.05) is 0 Å². The molecule has 234 valence electrons. The zero-order valence-electron chi connectivity index (χ0n) is 28.7. The molecule has 0 atom stereocenters. The van der Waals surface area contributed by atoms with Crippen LogP contribution >= 0.6 is 0 Å². The molecule has 3 aromatic rings. The van der Waals surface area contributed by atoms with E-state index in [-0.39, 0.29) is 0 Å². The van der Waals surface area contributed by atoms with Gasteiger partial charge in [0.1, 0.15) is 5.75 Å². The summed E-state index contributed by atoms with van der Waals surface area (Å²) >= 11 is 0. The van der Waals surface area contributed by atoms with Crippen LogP contribution in [-0.4, -0.2) is 6.61 Å². The third kappa shape index (κ3) is 8.14. The molecule has 1 nitrogen and oxygen atoms in total. The van der Waals surface area contributed by atoms with Gasteiger partial charge >= 0.3 is 0 Å². The molecule has 0 heterocycles. The van der Waals surface area contributed by atoms with E-state index in [0.29, 0.717) is 5.41 Å². The van der Waals surface area contributed by atoms with Gasteiger partial charge in [-0.3, -0.25) is 0 Å². The van der Waals surface area contributed by atoms with Gasteiger partial charge in [0.2, 0.25) is 0 Å². The van der Waals surface area contributed by atoms with Gasteiger partial charge in [-0.25, -0.2) is 0 Å². The van der Waals surface area contributed by atoms with Crippen LogP contribution in [-0.2, 0) is 32.1 Å². The summed E-state index contributed by atoms with van der Waals surface area (Å²) in [7, 11) is 0. The lowest BCUT2D eigenvalue weighted by molar-refractivity contribution is 0.172. The Hall–Kier alpha value is -2.54. The van der Waals surface area contributed by atoms with Gasteiger partial charge in [0.25, 0.3) is 0 Å². The first-order valence-corrected chi connectivity index (χ1v) is 17.9. The van der Waals surface area contributed by atoms with Gasteiger partial charge in [0.05, 0.1) is 6.61 Å². The average Bonchev–Trinajstić information content (AvgIpc) is 3.06. The van der Waals surface area contributed by atoms with E-state index in [1.165, 1.54) is 89.6 Å². The van der Waals surface area contributed by atoms with Crippen molar-refractivity contribution in [3.8, 4) is 16.9 Å². The van der Waals surface area contributed by atoms with Crippen LogP contribution in [0, 0.1) is 11.3 Å². The molecule has 0 N–H and O–H groups in total. The number of benzene rings is 3. The fraction of sp³-hybridized carbons (Fsp3) is 0.571. The van der Waals surface area contributed by atoms with Crippen LogP contribution < -0.4 is 4.74 Å². The predicted octanol–water partition coefficient (Wildman–Crippen LogP) is 12.1. The highest BCUT2D eigenvalue weighted by atomic mass is 16.5. The zero-order valence-corrected chi connectivity index (χ0v) is 28.7. The van der Waals surface area contributed by atoms with Crippen molar-refractivity contribution in [2.75, 3.05) is 6.61 Å². The van der Waals surface area contributed by atoms with Gasteiger partial charge in [-0.2, -0.15) is 0 Å². The molecule has 0 unspecified atom stereocenters. The van der Waals surface area contributed by atoms with Crippen LogP contribution in [0.4, 0.5) is 0 Å². The summed E-state index contributed by atoms with van der Waals surface area (Å²) < 4.78 is 6.68. The highest BCUT2D eigenvalue weighted by Gasteiger charge is 2.25. The standard InChI is InChI=1S/C42H60O/c1-8-34-30-40(38(9-2)39(10-3)41(34)43-29-28-42(11-4,12-5)13-6)37-26-20-33(21-27-37)17-16-32-18-24-36(25-19-32)35-22-14-31(7)15-23-35/h18-21,24-27,30-31,35H,8-17,22-23,28-29H2,1-7H3. The second-order valence-electron chi connectivity index (χ2n) is 13.5. The van der Waals surface area contributed by atoms with Gasteiger partial charge in [0.15, 0.2) is 0 Å². The average molecular weight is 581 g/mol.